The maximum absolute atomic E-state index is 11.8. The zero-order chi connectivity index (χ0) is 13.1. The van der Waals surface area contributed by atoms with Crippen LogP contribution in [0.2, 0.25) is 0 Å². The molecule has 1 amide bonds. The van der Waals surface area contributed by atoms with E-state index in [0.717, 1.165) is 0 Å². The van der Waals surface area contributed by atoms with Gasteiger partial charge >= 0.3 is 5.97 Å². The summed E-state index contributed by atoms with van der Waals surface area (Å²) in [5, 5.41) is 15.5. The molecule has 98 valence electrons. The minimum Gasteiger partial charge on any atom is -0.480 e. The number of hydrogen-bond acceptors (Lipinski definition) is 4. The monoisotopic (exact) mass is 253 g/mol. The highest BCUT2D eigenvalue weighted by Gasteiger charge is 2.23. The molecule has 1 atom stereocenters. The topological polar surface area (TPSA) is 93.5 Å². The van der Waals surface area contributed by atoms with Gasteiger partial charge in [0.2, 0.25) is 5.88 Å². The van der Waals surface area contributed by atoms with Crippen LogP contribution in [0.25, 0.3) is 0 Å². The van der Waals surface area contributed by atoms with E-state index in [1.54, 1.807) is 4.68 Å². The molecule has 0 radical (unpaired) electrons. The van der Waals surface area contributed by atoms with Crippen LogP contribution in [0.15, 0.2) is 6.07 Å². The molecule has 0 fully saturated rings. The highest BCUT2D eigenvalue weighted by Crippen LogP contribution is 2.18. The van der Waals surface area contributed by atoms with Crippen LogP contribution in [0, 0.1) is 0 Å². The molecular weight excluding hydrogens is 238 g/mol. The summed E-state index contributed by atoms with van der Waals surface area (Å²) in [5.74, 6) is -0.975. The Bertz CT molecular complexity index is 447. The third-order valence-electron chi connectivity index (χ3n) is 2.71. The second-order valence-corrected chi connectivity index (χ2v) is 4.09. The van der Waals surface area contributed by atoms with E-state index < -0.39 is 17.9 Å². The molecule has 0 bridgehead atoms. The van der Waals surface area contributed by atoms with Gasteiger partial charge in [-0.15, -0.1) is 0 Å². The molecule has 0 spiro atoms. The molecule has 1 unspecified atom stereocenters. The molecule has 2 rings (SSSR count). The predicted octanol–water partition coefficient (Wildman–Crippen LogP) is 0.259. The van der Waals surface area contributed by atoms with Gasteiger partial charge in [-0.2, -0.15) is 5.10 Å². The third-order valence-corrected chi connectivity index (χ3v) is 2.71. The molecule has 7 nitrogen and oxygen atoms in total. The van der Waals surface area contributed by atoms with E-state index in [2.05, 4.69) is 10.4 Å². The van der Waals surface area contributed by atoms with Crippen LogP contribution < -0.4 is 10.1 Å². The second-order valence-electron chi connectivity index (χ2n) is 4.09. The van der Waals surface area contributed by atoms with Crippen LogP contribution >= 0.6 is 0 Å². The first-order valence-electron chi connectivity index (χ1n) is 5.86. The Morgan fingerprint density at radius 3 is 3.06 bits per heavy atom. The molecule has 0 saturated heterocycles. The number of carbonyl (C=O) groups excluding carboxylic acids is 1. The van der Waals surface area contributed by atoms with Crippen LogP contribution in [0.4, 0.5) is 0 Å². The summed E-state index contributed by atoms with van der Waals surface area (Å²) < 4.78 is 6.82. The predicted molar refractivity (Wildman–Crippen MR) is 61.5 cm³/mol. The molecule has 2 N–H and O–H groups in total. The lowest BCUT2D eigenvalue weighted by atomic mass is 10.1. The minimum atomic E-state index is -1.03. The number of carbonyl (C=O) groups is 2. The lowest BCUT2D eigenvalue weighted by Gasteiger charge is -2.12. The van der Waals surface area contributed by atoms with Crippen LogP contribution in [0.3, 0.4) is 0 Å². The largest absolute Gasteiger partial charge is 0.480 e. The van der Waals surface area contributed by atoms with Crippen molar-refractivity contribution < 1.29 is 19.4 Å². The Balaban J connectivity index is 2.04. The van der Waals surface area contributed by atoms with Gasteiger partial charge in [0.25, 0.3) is 5.91 Å². The normalized spacial score (nSPS) is 14.7. The van der Waals surface area contributed by atoms with Crippen molar-refractivity contribution in [2.45, 2.75) is 32.4 Å². The van der Waals surface area contributed by atoms with Crippen molar-refractivity contribution in [2.75, 3.05) is 6.61 Å². The van der Waals surface area contributed by atoms with Crippen LogP contribution in [0.5, 0.6) is 5.88 Å². The Kier molecular flexibility index (Phi) is 3.50. The number of aromatic nitrogens is 2. The summed E-state index contributed by atoms with van der Waals surface area (Å²) in [4.78, 5) is 22.8. The van der Waals surface area contributed by atoms with Crippen LogP contribution in [0.1, 0.15) is 30.3 Å². The van der Waals surface area contributed by atoms with Crippen molar-refractivity contribution in [3.05, 3.63) is 11.8 Å². The van der Waals surface area contributed by atoms with Gasteiger partial charge in [0.05, 0.1) is 6.54 Å². The first kappa shape index (κ1) is 12.4. The Morgan fingerprint density at radius 2 is 2.44 bits per heavy atom. The first-order valence-corrected chi connectivity index (χ1v) is 5.86. The molecule has 0 aliphatic carbocycles. The number of nitrogens with zero attached hydrogens (tertiary/aromatic N) is 2. The van der Waals surface area contributed by atoms with Gasteiger partial charge in [0.1, 0.15) is 12.6 Å². The average Bonchev–Trinajstić information content (AvgIpc) is 2.87. The zero-order valence-corrected chi connectivity index (χ0v) is 10.0. The van der Waals surface area contributed by atoms with Gasteiger partial charge in [-0.25, -0.2) is 9.48 Å². The van der Waals surface area contributed by atoms with Crippen molar-refractivity contribution in [1.82, 2.24) is 15.1 Å². The number of fused-ring (bicyclic) bond motifs is 1. The number of carboxylic acids is 1. The molecule has 7 heteroatoms. The fourth-order valence-electron chi connectivity index (χ4n) is 1.80. The molecule has 1 aromatic rings. The van der Waals surface area contributed by atoms with Crippen molar-refractivity contribution in [2.24, 2.45) is 0 Å². The Hall–Kier alpha value is -2.05. The number of amides is 1. The van der Waals surface area contributed by atoms with E-state index in [1.165, 1.54) is 6.07 Å². The summed E-state index contributed by atoms with van der Waals surface area (Å²) >= 11 is 0. The van der Waals surface area contributed by atoms with Crippen LogP contribution in [-0.2, 0) is 11.3 Å². The smallest absolute Gasteiger partial charge is 0.326 e. The lowest BCUT2D eigenvalue weighted by molar-refractivity contribution is -0.139. The van der Waals surface area contributed by atoms with E-state index >= 15 is 0 Å². The van der Waals surface area contributed by atoms with E-state index in [0.29, 0.717) is 31.9 Å². The zero-order valence-electron chi connectivity index (χ0n) is 10.0. The molecule has 18 heavy (non-hydrogen) atoms. The molecular formula is C11H15N3O4. The Morgan fingerprint density at radius 1 is 1.67 bits per heavy atom. The molecule has 2 heterocycles. The number of nitrogens with one attached hydrogen (secondary N) is 1. The summed E-state index contributed by atoms with van der Waals surface area (Å²) in [7, 11) is 0. The summed E-state index contributed by atoms with van der Waals surface area (Å²) in [6.07, 6.45) is 1.07. The van der Waals surface area contributed by atoms with Crippen molar-refractivity contribution in [1.29, 1.82) is 0 Å². The number of hydrogen-bond donors (Lipinski definition) is 2. The van der Waals surface area contributed by atoms with E-state index in [9.17, 15) is 9.59 Å². The molecule has 1 aromatic heterocycles. The maximum Gasteiger partial charge on any atom is 0.326 e. The van der Waals surface area contributed by atoms with Gasteiger partial charge in [-0.3, -0.25) is 4.79 Å². The highest BCUT2D eigenvalue weighted by molar-refractivity contribution is 5.95. The molecule has 1 aliphatic heterocycles. The SMILES string of the molecule is CCCC(NC(=O)c1cc2n(n1)CCO2)C(=O)O. The van der Waals surface area contributed by atoms with Crippen molar-refractivity contribution in [3.8, 4) is 5.88 Å². The maximum atomic E-state index is 11.8. The van der Waals surface area contributed by atoms with Gasteiger partial charge in [0, 0.05) is 6.07 Å². The summed E-state index contributed by atoms with van der Waals surface area (Å²) in [6.45, 7) is 3.03. The highest BCUT2D eigenvalue weighted by atomic mass is 16.5. The second kappa shape index (κ2) is 5.07. The fourth-order valence-corrected chi connectivity index (χ4v) is 1.80. The fraction of sp³-hybridized carbons (Fsp3) is 0.545. The first-order chi connectivity index (χ1) is 8.61. The van der Waals surface area contributed by atoms with Crippen LogP contribution in [-0.4, -0.2) is 39.4 Å². The van der Waals surface area contributed by atoms with Crippen molar-refractivity contribution >= 4 is 11.9 Å². The van der Waals surface area contributed by atoms with Gasteiger partial charge < -0.3 is 15.2 Å². The van der Waals surface area contributed by atoms with E-state index in [-0.39, 0.29) is 5.69 Å². The quantitative estimate of drug-likeness (QED) is 0.785. The number of ether oxygens (including phenoxy) is 1. The third kappa shape index (κ3) is 2.44. The Labute approximate surface area is 104 Å². The van der Waals surface area contributed by atoms with Gasteiger partial charge in [-0.05, 0) is 6.42 Å². The number of carboxylic acid groups (broad SMARTS) is 1. The average molecular weight is 253 g/mol. The van der Waals surface area contributed by atoms with E-state index in [1.807, 2.05) is 6.92 Å². The molecule has 0 aromatic carbocycles. The number of aliphatic carboxylic acids is 1. The summed E-state index contributed by atoms with van der Waals surface area (Å²) in [5.41, 5.74) is 0.187. The van der Waals surface area contributed by atoms with Crippen molar-refractivity contribution in [3.63, 3.8) is 0 Å². The molecule has 0 saturated carbocycles. The molecule has 1 aliphatic rings. The van der Waals surface area contributed by atoms with Gasteiger partial charge in [0.15, 0.2) is 5.69 Å². The summed E-state index contributed by atoms with van der Waals surface area (Å²) in [6, 6.07) is 0.646. The lowest BCUT2D eigenvalue weighted by Crippen LogP contribution is -2.40. The van der Waals surface area contributed by atoms with Gasteiger partial charge in [-0.1, -0.05) is 13.3 Å². The standard InChI is InChI=1S/C11H15N3O4/c1-2-3-7(11(16)17)12-10(15)8-6-9-14(13-8)4-5-18-9/h6-7H,2-5H2,1H3,(H,12,15)(H,16,17). The van der Waals surface area contributed by atoms with E-state index in [4.69, 9.17) is 9.84 Å². The number of rotatable bonds is 5. The minimum absolute atomic E-state index is 0.187.